The van der Waals surface area contributed by atoms with Crippen LogP contribution in [0.4, 0.5) is 11.4 Å². The minimum Gasteiger partial charge on any atom is -0.495 e. The molecule has 0 radical (unpaired) electrons. The molecule has 2 heterocycles. The van der Waals surface area contributed by atoms with Crippen LogP contribution in [0.1, 0.15) is 32.8 Å². The first-order valence-corrected chi connectivity index (χ1v) is 11.5. The van der Waals surface area contributed by atoms with Crippen LogP contribution in [0.15, 0.2) is 58.5 Å². The SMILES string of the molecule is CC[C@H](SC1=Nc2ccccc2C2=N[C@@H](C(C)C)C(=O)N12)C(=O)Nc1ccccc1OC. The van der Waals surface area contributed by atoms with E-state index >= 15 is 0 Å². The third-order valence-corrected chi connectivity index (χ3v) is 6.72. The number of benzene rings is 2. The maximum absolute atomic E-state index is 13.2. The van der Waals surface area contributed by atoms with Crippen LogP contribution in [0, 0.1) is 5.92 Å². The molecule has 0 spiro atoms. The van der Waals surface area contributed by atoms with Gasteiger partial charge in [-0.15, -0.1) is 0 Å². The van der Waals surface area contributed by atoms with Crippen molar-refractivity contribution in [1.29, 1.82) is 0 Å². The van der Waals surface area contributed by atoms with Crippen molar-refractivity contribution in [3.63, 3.8) is 0 Å². The summed E-state index contributed by atoms with van der Waals surface area (Å²) in [7, 11) is 1.57. The second-order valence-corrected chi connectivity index (χ2v) is 9.10. The van der Waals surface area contributed by atoms with E-state index in [1.165, 1.54) is 11.8 Å². The maximum atomic E-state index is 13.2. The second-order valence-electron chi connectivity index (χ2n) is 7.93. The maximum Gasteiger partial charge on any atom is 0.259 e. The zero-order valence-electron chi connectivity index (χ0n) is 18.5. The first-order chi connectivity index (χ1) is 15.4. The smallest absolute Gasteiger partial charge is 0.259 e. The normalized spacial score (nSPS) is 18.0. The van der Waals surface area contributed by atoms with Gasteiger partial charge in [0.15, 0.2) is 5.17 Å². The van der Waals surface area contributed by atoms with Gasteiger partial charge in [-0.3, -0.25) is 14.6 Å². The van der Waals surface area contributed by atoms with Crippen molar-refractivity contribution in [3.8, 4) is 5.75 Å². The van der Waals surface area contributed by atoms with E-state index in [4.69, 9.17) is 14.7 Å². The van der Waals surface area contributed by atoms with Crippen molar-refractivity contribution in [2.75, 3.05) is 12.4 Å². The lowest BCUT2D eigenvalue weighted by molar-refractivity contribution is -0.125. The summed E-state index contributed by atoms with van der Waals surface area (Å²) in [6.45, 7) is 5.90. The number of hydrogen-bond acceptors (Lipinski definition) is 6. The van der Waals surface area contributed by atoms with Crippen molar-refractivity contribution in [1.82, 2.24) is 4.90 Å². The van der Waals surface area contributed by atoms with E-state index < -0.39 is 11.3 Å². The van der Waals surface area contributed by atoms with Crippen LogP contribution in [0.25, 0.3) is 0 Å². The Morgan fingerprint density at radius 3 is 2.62 bits per heavy atom. The van der Waals surface area contributed by atoms with Gasteiger partial charge in [0.25, 0.3) is 5.91 Å². The zero-order valence-corrected chi connectivity index (χ0v) is 19.3. The monoisotopic (exact) mass is 450 g/mol. The topological polar surface area (TPSA) is 83.4 Å². The number of fused-ring (bicyclic) bond motifs is 3. The molecule has 2 aliphatic rings. The fourth-order valence-corrected chi connectivity index (χ4v) is 4.71. The number of nitrogens with zero attached hydrogens (tertiary/aromatic N) is 3. The van der Waals surface area contributed by atoms with Crippen molar-refractivity contribution < 1.29 is 14.3 Å². The van der Waals surface area contributed by atoms with E-state index in [0.717, 1.165) is 11.3 Å². The number of carbonyl (C=O) groups excluding carboxylic acids is 2. The van der Waals surface area contributed by atoms with Gasteiger partial charge in [0.05, 0.1) is 23.7 Å². The Labute approximate surface area is 192 Å². The Balaban J connectivity index is 1.63. The molecule has 0 saturated heterocycles. The van der Waals surface area contributed by atoms with E-state index in [2.05, 4.69) is 5.32 Å². The number of nitrogens with one attached hydrogen (secondary N) is 1. The summed E-state index contributed by atoms with van der Waals surface area (Å²) in [6.07, 6.45) is 0.564. The highest BCUT2D eigenvalue weighted by molar-refractivity contribution is 8.15. The molecular weight excluding hydrogens is 424 g/mol. The molecule has 0 bridgehead atoms. The first-order valence-electron chi connectivity index (χ1n) is 10.6. The third kappa shape index (κ3) is 4.02. The third-order valence-electron chi connectivity index (χ3n) is 5.41. The molecule has 1 N–H and O–H groups in total. The summed E-state index contributed by atoms with van der Waals surface area (Å²) in [4.78, 5) is 37.4. The van der Waals surface area contributed by atoms with E-state index in [1.54, 1.807) is 24.1 Å². The van der Waals surface area contributed by atoms with E-state index in [-0.39, 0.29) is 17.7 Å². The lowest BCUT2D eigenvalue weighted by atomic mass is 10.1. The molecular formula is C24H26N4O3S. The number of carbonyl (C=O) groups is 2. The van der Waals surface area contributed by atoms with Crippen LogP contribution in [0.5, 0.6) is 5.75 Å². The lowest BCUT2D eigenvalue weighted by Crippen LogP contribution is -2.43. The van der Waals surface area contributed by atoms with E-state index in [1.807, 2.05) is 57.2 Å². The molecule has 32 heavy (non-hydrogen) atoms. The number of anilines is 1. The fraction of sp³-hybridized carbons (Fsp3) is 0.333. The van der Waals surface area contributed by atoms with Crippen molar-refractivity contribution in [2.45, 2.75) is 38.5 Å². The Morgan fingerprint density at radius 1 is 1.19 bits per heavy atom. The highest BCUT2D eigenvalue weighted by atomic mass is 32.2. The van der Waals surface area contributed by atoms with Gasteiger partial charge >= 0.3 is 0 Å². The highest BCUT2D eigenvalue weighted by Crippen LogP contribution is 2.36. The van der Waals surface area contributed by atoms with Gasteiger partial charge in [-0.2, -0.15) is 0 Å². The summed E-state index contributed by atoms with van der Waals surface area (Å²) in [6, 6.07) is 14.5. The average molecular weight is 451 g/mol. The number of para-hydroxylation sites is 3. The van der Waals surface area contributed by atoms with Gasteiger partial charge in [0, 0.05) is 5.56 Å². The molecule has 0 aliphatic carbocycles. The summed E-state index contributed by atoms with van der Waals surface area (Å²) < 4.78 is 5.34. The number of hydrogen-bond donors (Lipinski definition) is 1. The minimum absolute atomic E-state index is 0.0647. The van der Waals surface area contributed by atoms with Gasteiger partial charge in [0.2, 0.25) is 5.91 Å². The largest absolute Gasteiger partial charge is 0.495 e. The molecule has 8 heteroatoms. The fourth-order valence-electron chi connectivity index (χ4n) is 3.69. The van der Waals surface area contributed by atoms with Crippen LogP contribution >= 0.6 is 11.8 Å². The number of amides is 2. The molecule has 0 unspecified atom stereocenters. The highest BCUT2D eigenvalue weighted by Gasteiger charge is 2.43. The number of thioether (sulfide) groups is 1. The molecule has 2 aromatic rings. The predicted molar refractivity (Wildman–Crippen MR) is 129 cm³/mol. The quantitative estimate of drug-likeness (QED) is 0.704. The summed E-state index contributed by atoms with van der Waals surface area (Å²) in [5, 5.41) is 2.98. The van der Waals surface area contributed by atoms with Crippen LogP contribution < -0.4 is 10.1 Å². The van der Waals surface area contributed by atoms with Gasteiger partial charge in [0.1, 0.15) is 17.6 Å². The molecule has 4 rings (SSSR count). The molecule has 2 aromatic carbocycles. The summed E-state index contributed by atoms with van der Waals surface area (Å²) in [5.74, 6) is 0.995. The zero-order chi connectivity index (χ0) is 22.8. The van der Waals surface area contributed by atoms with Gasteiger partial charge in [-0.25, -0.2) is 9.89 Å². The summed E-state index contributed by atoms with van der Waals surface area (Å²) >= 11 is 1.29. The first kappa shape index (κ1) is 22.1. The van der Waals surface area contributed by atoms with Gasteiger partial charge in [-0.05, 0) is 36.6 Å². The average Bonchev–Trinajstić information content (AvgIpc) is 3.15. The van der Waals surface area contributed by atoms with Crippen LogP contribution in [-0.4, -0.2) is 46.1 Å². The molecule has 0 fully saturated rings. The molecule has 2 atom stereocenters. The molecule has 0 aromatic heterocycles. The molecule has 166 valence electrons. The van der Waals surface area contributed by atoms with Crippen molar-refractivity contribution >= 4 is 46.0 Å². The molecule has 7 nitrogen and oxygen atoms in total. The van der Waals surface area contributed by atoms with E-state index in [0.29, 0.717) is 28.9 Å². The minimum atomic E-state index is -0.454. The number of aliphatic imine (C=N–C) groups is 2. The number of methoxy groups -OCH3 is 1. The Kier molecular flexibility index (Phi) is 6.32. The van der Waals surface area contributed by atoms with Crippen molar-refractivity contribution in [2.24, 2.45) is 15.9 Å². The Hall–Kier alpha value is -3.13. The standard InChI is InChI=1S/C24H26N4O3S/c1-5-19(22(29)25-17-12-8-9-13-18(17)31-4)32-24-26-16-11-7-6-10-15(16)21-27-20(14(2)3)23(30)28(21)24/h6-14,19-20H,5H2,1-4H3,(H,25,29)/t19-,20-/m0/s1. The molecule has 0 saturated carbocycles. The Morgan fingerprint density at radius 2 is 1.91 bits per heavy atom. The molecule has 2 aliphatic heterocycles. The lowest BCUT2D eigenvalue weighted by Gasteiger charge is -2.27. The summed E-state index contributed by atoms with van der Waals surface area (Å²) in [5.41, 5.74) is 2.19. The Bertz CT molecular complexity index is 1110. The van der Waals surface area contributed by atoms with Crippen molar-refractivity contribution in [3.05, 3.63) is 54.1 Å². The number of rotatable bonds is 6. The van der Waals surface area contributed by atoms with Crippen LogP contribution in [0.3, 0.4) is 0 Å². The number of amidine groups is 2. The van der Waals surface area contributed by atoms with E-state index in [9.17, 15) is 9.59 Å². The second kappa shape index (κ2) is 9.16. The predicted octanol–water partition coefficient (Wildman–Crippen LogP) is 4.46. The van der Waals surface area contributed by atoms with Crippen LogP contribution in [-0.2, 0) is 9.59 Å². The van der Waals surface area contributed by atoms with Crippen LogP contribution in [0.2, 0.25) is 0 Å². The van der Waals surface area contributed by atoms with Gasteiger partial charge < -0.3 is 10.1 Å². The number of ether oxygens (including phenoxy) is 1. The van der Waals surface area contributed by atoms with Gasteiger partial charge in [-0.1, -0.05) is 56.8 Å². The molecule has 2 amide bonds.